The van der Waals surface area contributed by atoms with Crippen molar-refractivity contribution in [1.29, 1.82) is 0 Å². The van der Waals surface area contributed by atoms with Gasteiger partial charge in [-0.25, -0.2) is 0 Å². The first-order valence-electron chi connectivity index (χ1n) is 3.13. The van der Waals surface area contributed by atoms with Crippen LogP contribution in [0.5, 0.6) is 0 Å². The largest absolute Gasteiger partial charge is 0.309 e. The molecule has 0 aromatic carbocycles. The molecule has 58 valence electrons. The molecular weight excluding hydrogens is 154 g/mol. The van der Waals surface area contributed by atoms with Gasteiger partial charge in [-0.1, -0.05) is 0 Å². The Labute approximate surface area is 60.6 Å². The zero-order valence-electron chi connectivity index (χ0n) is 5.45. The van der Waals surface area contributed by atoms with E-state index in [9.17, 15) is 8.42 Å². The van der Waals surface area contributed by atoms with Crippen molar-refractivity contribution in [2.45, 2.75) is 19.3 Å². The van der Waals surface area contributed by atoms with Gasteiger partial charge in [-0.2, -0.15) is 13.5 Å². The lowest BCUT2D eigenvalue weighted by Gasteiger charge is -2.19. The first-order chi connectivity index (χ1) is 4.72. The van der Waals surface area contributed by atoms with Gasteiger partial charge in [-0.15, -0.1) is 0 Å². The second-order valence-electron chi connectivity index (χ2n) is 2.21. The number of nitrogens with zero attached hydrogens (tertiary/aromatic N) is 1. The molecule has 1 saturated heterocycles. The summed E-state index contributed by atoms with van der Waals surface area (Å²) in [5.74, 6) is 0. The molecular formula is C5H9NO3S. The van der Waals surface area contributed by atoms with Gasteiger partial charge in [0.05, 0.1) is 0 Å². The molecule has 0 atom stereocenters. The topological polar surface area (TPSA) is 57.6 Å². The van der Waals surface area contributed by atoms with Crippen LogP contribution in [-0.4, -0.2) is 30.2 Å². The summed E-state index contributed by atoms with van der Waals surface area (Å²) in [6, 6.07) is 0. The van der Waals surface area contributed by atoms with Crippen LogP contribution in [0.25, 0.3) is 0 Å². The molecule has 0 aliphatic carbocycles. The summed E-state index contributed by atoms with van der Waals surface area (Å²) in [5, 5.41) is 9.75. The summed E-state index contributed by atoms with van der Waals surface area (Å²) in [6.45, 7) is 0.434. The monoisotopic (exact) mass is 163 g/mol. The second-order valence-corrected chi connectivity index (χ2v) is 3.15. The van der Waals surface area contributed by atoms with E-state index in [4.69, 9.17) is 5.21 Å². The molecule has 1 heterocycles. The van der Waals surface area contributed by atoms with Crippen LogP contribution in [0.15, 0.2) is 0 Å². The van der Waals surface area contributed by atoms with Crippen LogP contribution in [0, 0.1) is 0 Å². The van der Waals surface area contributed by atoms with Crippen LogP contribution in [0.1, 0.15) is 19.3 Å². The smallest absolute Gasteiger partial charge is 0.230 e. The molecule has 1 rings (SSSR count). The number of rotatable bonds is 0. The highest BCUT2D eigenvalue weighted by Crippen LogP contribution is 2.07. The molecule has 1 fully saturated rings. The predicted octanol–water partition coefficient (Wildman–Crippen LogP) is -0.129. The molecule has 4 nitrogen and oxygen atoms in total. The SMILES string of the molecule is O=S(=O)=C1CCCCN1O. The minimum Gasteiger partial charge on any atom is -0.309 e. The Balaban J connectivity index is 2.86. The summed E-state index contributed by atoms with van der Waals surface area (Å²) >= 11 is 0. The van der Waals surface area contributed by atoms with Gasteiger partial charge in [-0.05, 0) is 19.3 Å². The Morgan fingerprint density at radius 2 is 2.10 bits per heavy atom. The minimum absolute atomic E-state index is 0.117. The summed E-state index contributed by atoms with van der Waals surface area (Å²) in [5.41, 5.74) is 0. The van der Waals surface area contributed by atoms with Crippen molar-refractivity contribution in [3.05, 3.63) is 0 Å². The average molecular weight is 163 g/mol. The lowest BCUT2D eigenvalue weighted by atomic mass is 10.2. The molecule has 0 radical (unpaired) electrons. The van der Waals surface area contributed by atoms with Gasteiger partial charge in [-0.3, -0.25) is 0 Å². The standard InChI is InChI=1S/C5H9NO3S/c7-6-4-2-1-3-5(6)10(8)9/h7H,1-4H2. The normalized spacial score (nSPS) is 21.1. The lowest BCUT2D eigenvalue weighted by Crippen LogP contribution is -2.32. The van der Waals surface area contributed by atoms with Crippen LogP contribution in [-0.2, 0) is 10.3 Å². The maximum Gasteiger partial charge on any atom is 0.230 e. The molecule has 0 aromatic rings. The van der Waals surface area contributed by atoms with E-state index in [2.05, 4.69) is 0 Å². The van der Waals surface area contributed by atoms with Gasteiger partial charge in [0, 0.05) is 6.54 Å². The Kier molecular flexibility index (Phi) is 2.42. The van der Waals surface area contributed by atoms with E-state index in [0.717, 1.165) is 17.9 Å². The van der Waals surface area contributed by atoms with Crippen LogP contribution in [0.4, 0.5) is 0 Å². The summed E-state index contributed by atoms with van der Waals surface area (Å²) in [7, 11) is -2.24. The Hall–Kier alpha value is -0.390. The maximum absolute atomic E-state index is 10.3. The van der Waals surface area contributed by atoms with Crippen molar-refractivity contribution in [1.82, 2.24) is 5.06 Å². The third-order valence-corrected chi connectivity index (χ3v) is 2.29. The highest BCUT2D eigenvalue weighted by molar-refractivity contribution is 7.72. The number of hydrogen-bond donors (Lipinski definition) is 1. The molecule has 0 amide bonds. The number of hydrogen-bond acceptors (Lipinski definition) is 3. The van der Waals surface area contributed by atoms with Gasteiger partial charge in [0.2, 0.25) is 10.3 Å². The average Bonchev–Trinajstić information content (AvgIpc) is 1.88. The highest BCUT2D eigenvalue weighted by atomic mass is 32.2. The van der Waals surface area contributed by atoms with Gasteiger partial charge in [0.25, 0.3) is 0 Å². The number of piperidine rings is 1. The zero-order valence-corrected chi connectivity index (χ0v) is 6.26. The van der Waals surface area contributed by atoms with Gasteiger partial charge in [0.1, 0.15) is 4.99 Å². The summed E-state index contributed by atoms with van der Waals surface area (Å²) in [4.78, 5) is 0.117. The van der Waals surface area contributed by atoms with Crippen LogP contribution >= 0.6 is 0 Å². The Bertz CT molecular complexity index is 236. The fourth-order valence-electron chi connectivity index (χ4n) is 0.961. The van der Waals surface area contributed by atoms with Crippen LogP contribution in [0.2, 0.25) is 0 Å². The van der Waals surface area contributed by atoms with E-state index < -0.39 is 10.3 Å². The van der Waals surface area contributed by atoms with Crippen molar-refractivity contribution in [3.8, 4) is 0 Å². The van der Waals surface area contributed by atoms with E-state index in [1.54, 1.807) is 0 Å². The quantitative estimate of drug-likeness (QED) is 0.505. The molecule has 0 bridgehead atoms. The van der Waals surface area contributed by atoms with E-state index in [1.165, 1.54) is 0 Å². The molecule has 10 heavy (non-hydrogen) atoms. The van der Waals surface area contributed by atoms with Gasteiger partial charge >= 0.3 is 0 Å². The minimum atomic E-state index is -2.24. The van der Waals surface area contributed by atoms with Crippen molar-refractivity contribution in [2.24, 2.45) is 0 Å². The Morgan fingerprint density at radius 3 is 2.50 bits per heavy atom. The van der Waals surface area contributed by atoms with Crippen LogP contribution < -0.4 is 0 Å². The van der Waals surface area contributed by atoms with Crippen molar-refractivity contribution >= 4 is 15.3 Å². The summed E-state index contributed by atoms with van der Waals surface area (Å²) < 4.78 is 20.7. The summed E-state index contributed by atoms with van der Waals surface area (Å²) in [6.07, 6.45) is 2.17. The molecule has 0 aromatic heterocycles. The molecule has 5 heteroatoms. The Morgan fingerprint density at radius 1 is 1.40 bits per heavy atom. The maximum atomic E-state index is 10.3. The highest BCUT2D eigenvalue weighted by Gasteiger charge is 2.15. The van der Waals surface area contributed by atoms with Crippen molar-refractivity contribution in [2.75, 3.05) is 6.54 Å². The van der Waals surface area contributed by atoms with E-state index in [0.29, 0.717) is 13.0 Å². The van der Waals surface area contributed by atoms with Gasteiger partial charge in [0.15, 0.2) is 0 Å². The fraction of sp³-hybridized carbons (Fsp3) is 0.800. The predicted molar refractivity (Wildman–Crippen MR) is 36.3 cm³/mol. The molecule has 1 N–H and O–H groups in total. The molecule has 0 saturated carbocycles. The third-order valence-electron chi connectivity index (χ3n) is 1.49. The van der Waals surface area contributed by atoms with E-state index in [1.807, 2.05) is 0 Å². The molecule has 0 spiro atoms. The lowest BCUT2D eigenvalue weighted by molar-refractivity contribution is -0.0216. The number of hydroxylamine groups is 2. The first-order valence-corrected chi connectivity index (χ1v) is 4.21. The molecule has 1 aliphatic heterocycles. The van der Waals surface area contributed by atoms with Gasteiger partial charge < -0.3 is 5.21 Å². The molecule has 1 aliphatic rings. The fourth-order valence-corrected chi connectivity index (χ4v) is 1.54. The van der Waals surface area contributed by atoms with E-state index in [-0.39, 0.29) is 4.99 Å². The second kappa shape index (κ2) is 3.14. The van der Waals surface area contributed by atoms with E-state index >= 15 is 0 Å². The van der Waals surface area contributed by atoms with Crippen molar-refractivity contribution in [3.63, 3.8) is 0 Å². The zero-order chi connectivity index (χ0) is 7.56. The first kappa shape index (κ1) is 7.71. The van der Waals surface area contributed by atoms with Crippen LogP contribution in [0.3, 0.4) is 0 Å². The third kappa shape index (κ3) is 1.56. The molecule has 0 unspecified atom stereocenters. The van der Waals surface area contributed by atoms with Crippen molar-refractivity contribution < 1.29 is 13.6 Å².